The summed E-state index contributed by atoms with van der Waals surface area (Å²) in [5.41, 5.74) is 1.44. The van der Waals surface area contributed by atoms with Gasteiger partial charge in [0.15, 0.2) is 0 Å². The lowest BCUT2D eigenvalue weighted by atomic mass is 9.81. The lowest BCUT2D eigenvalue weighted by Gasteiger charge is -2.44. The predicted molar refractivity (Wildman–Crippen MR) is 134 cm³/mol. The van der Waals surface area contributed by atoms with E-state index in [1.54, 1.807) is 6.07 Å². The zero-order valence-electron chi connectivity index (χ0n) is 19.2. The first-order valence-corrected chi connectivity index (χ1v) is 12.5. The summed E-state index contributed by atoms with van der Waals surface area (Å²) in [5.74, 6) is -0.171. The second kappa shape index (κ2) is 10.0. The molecule has 4 rings (SSSR count). The molecular formula is C26H31Cl2N3O2. The maximum absolute atomic E-state index is 13.8. The van der Waals surface area contributed by atoms with Crippen LogP contribution in [0.15, 0.2) is 42.5 Å². The molecule has 2 amide bonds. The van der Waals surface area contributed by atoms with Gasteiger partial charge in [0.05, 0.1) is 6.54 Å². The third-order valence-electron chi connectivity index (χ3n) is 7.06. The van der Waals surface area contributed by atoms with Gasteiger partial charge >= 0.3 is 0 Å². The van der Waals surface area contributed by atoms with Gasteiger partial charge in [-0.1, -0.05) is 55.2 Å². The van der Waals surface area contributed by atoms with Crippen molar-refractivity contribution >= 4 is 40.7 Å². The van der Waals surface area contributed by atoms with E-state index < -0.39 is 5.54 Å². The zero-order chi connectivity index (χ0) is 23.6. The average Bonchev–Trinajstić information content (AvgIpc) is 3.02. The van der Waals surface area contributed by atoms with Crippen LogP contribution in [0.3, 0.4) is 0 Å². The van der Waals surface area contributed by atoms with Gasteiger partial charge in [0.25, 0.3) is 0 Å². The average molecular weight is 488 g/mol. The van der Waals surface area contributed by atoms with Crippen LogP contribution in [0.25, 0.3) is 0 Å². The summed E-state index contributed by atoms with van der Waals surface area (Å²) in [6, 6.07) is 13.4. The summed E-state index contributed by atoms with van der Waals surface area (Å²) >= 11 is 12.6. The summed E-state index contributed by atoms with van der Waals surface area (Å²) in [6.07, 6.45) is 5.23. The van der Waals surface area contributed by atoms with Crippen LogP contribution in [-0.2, 0) is 21.5 Å². The third kappa shape index (κ3) is 4.77. The van der Waals surface area contributed by atoms with E-state index in [1.807, 2.05) is 36.4 Å². The smallest absolute Gasteiger partial charge is 0.249 e. The van der Waals surface area contributed by atoms with E-state index in [0.29, 0.717) is 22.2 Å². The Kier molecular flexibility index (Phi) is 7.32. The molecule has 1 heterocycles. The Hall–Kier alpha value is -2.08. The molecule has 176 valence electrons. The molecule has 2 N–H and O–H groups in total. The Morgan fingerprint density at radius 2 is 1.88 bits per heavy atom. The van der Waals surface area contributed by atoms with Gasteiger partial charge in [0.2, 0.25) is 11.8 Å². The number of amides is 2. The molecule has 2 aromatic carbocycles. The molecule has 1 aliphatic carbocycles. The van der Waals surface area contributed by atoms with E-state index in [2.05, 4.69) is 29.4 Å². The molecular weight excluding hydrogens is 457 g/mol. The Balaban J connectivity index is 1.81. The Morgan fingerprint density at radius 1 is 1.15 bits per heavy atom. The standard InChI is InChI=1S/C26H31Cl2N3O2/c1-3-21(4-2)31(16-24(32)29-20-9-6-10-20)26(15-17-7-5-8-18(27)13-17)22-12-11-19(28)14-23(22)30-25(26)33/h5,7-8,11-14,20-21H,3-4,6,9-10,15-16H2,1-2H3,(H,29,32)(H,30,33). The van der Waals surface area contributed by atoms with E-state index in [1.165, 1.54) is 0 Å². The van der Waals surface area contributed by atoms with Gasteiger partial charge < -0.3 is 10.6 Å². The van der Waals surface area contributed by atoms with E-state index in [9.17, 15) is 9.59 Å². The fourth-order valence-electron chi connectivity index (χ4n) is 5.12. The van der Waals surface area contributed by atoms with Gasteiger partial charge in [0, 0.05) is 39.8 Å². The van der Waals surface area contributed by atoms with Crippen molar-refractivity contribution in [3.63, 3.8) is 0 Å². The highest BCUT2D eigenvalue weighted by molar-refractivity contribution is 6.31. The topological polar surface area (TPSA) is 61.4 Å². The van der Waals surface area contributed by atoms with E-state index >= 15 is 0 Å². The maximum atomic E-state index is 13.8. The second-order valence-electron chi connectivity index (χ2n) is 9.10. The largest absolute Gasteiger partial charge is 0.352 e. The SMILES string of the molecule is CCC(CC)N(CC(=O)NC1CCC1)C1(Cc2cccc(Cl)c2)C(=O)Nc2cc(Cl)ccc21. The molecule has 1 fully saturated rings. The van der Waals surface area contributed by atoms with E-state index in [-0.39, 0.29) is 30.4 Å². The molecule has 5 nitrogen and oxygen atoms in total. The summed E-state index contributed by atoms with van der Waals surface area (Å²) in [5, 5.41) is 7.39. The molecule has 2 aromatic rings. The minimum Gasteiger partial charge on any atom is -0.352 e. The number of nitrogens with one attached hydrogen (secondary N) is 2. The van der Waals surface area contributed by atoms with Crippen molar-refractivity contribution in [2.45, 2.75) is 70.0 Å². The minimum absolute atomic E-state index is 0.0349. The number of hydrogen-bond donors (Lipinski definition) is 2. The first-order chi connectivity index (χ1) is 15.9. The van der Waals surface area contributed by atoms with Gasteiger partial charge in [-0.15, -0.1) is 0 Å². The zero-order valence-corrected chi connectivity index (χ0v) is 20.7. The quantitative estimate of drug-likeness (QED) is 0.487. The number of carbonyl (C=O) groups excluding carboxylic acids is 2. The highest BCUT2D eigenvalue weighted by atomic mass is 35.5. The summed E-state index contributed by atoms with van der Waals surface area (Å²) < 4.78 is 0. The van der Waals surface area contributed by atoms with Gasteiger partial charge in [-0.25, -0.2) is 0 Å². The molecule has 0 saturated heterocycles. The second-order valence-corrected chi connectivity index (χ2v) is 9.98. The molecule has 7 heteroatoms. The molecule has 33 heavy (non-hydrogen) atoms. The van der Waals surface area contributed by atoms with Crippen LogP contribution >= 0.6 is 23.2 Å². The van der Waals surface area contributed by atoms with E-state index in [4.69, 9.17) is 23.2 Å². The van der Waals surface area contributed by atoms with Crippen molar-refractivity contribution in [1.82, 2.24) is 10.2 Å². The van der Waals surface area contributed by atoms with Crippen LogP contribution in [0.1, 0.15) is 57.1 Å². The molecule has 1 saturated carbocycles. The minimum atomic E-state index is -1.04. The van der Waals surface area contributed by atoms with Crippen molar-refractivity contribution in [1.29, 1.82) is 0 Å². The first-order valence-electron chi connectivity index (χ1n) is 11.8. The van der Waals surface area contributed by atoms with Crippen LogP contribution in [0.4, 0.5) is 5.69 Å². The summed E-state index contributed by atoms with van der Waals surface area (Å²) in [6.45, 7) is 4.36. The van der Waals surface area contributed by atoms with Gasteiger partial charge in [-0.05, 0) is 61.9 Å². The van der Waals surface area contributed by atoms with Gasteiger partial charge in [-0.2, -0.15) is 0 Å². The maximum Gasteiger partial charge on any atom is 0.249 e. The van der Waals surface area contributed by atoms with Crippen LogP contribution in [0.5, 0.6) is 0 Å². The monoisotopic (exact) mass is 487 g/mol. The number of fused-ring (bicyclic) bond motifs is 1. The first kappa shape index (κ1) is 24.1. The van der Waals surface area contributed by atoms with Crippen molar-refractivity contribution in [3.05, 3.63) is 63.6 Å². The van der Waals surface area contributed by atoms with Gasteiger partial charge in [-0.3, -0.25) is 14.5 Å². The number of nitrogens with zero attached hydrogens (tertiary/aromatic N) is 1. The molecule has 0 bridgehead atoms. The molecule has 2 aliphatic rings. The molecule has 0 spiro atoms. The molecule has 1 atom stereocenters. The van der Waals surface area contributed by atoms with Crippen LogP contribution in [0, 0.1) is 0 Å². The number of carbonyl (C=O) groups is 2. The fourth-order valence-corrected chi connectivity index (χ4v) is 5.50. The Labute approximate surface area is 205 Å². The van der Waals surface area contributed by atoms with Crippen LogP contribution < -0.4 is 10.6 Å². The van der Waals surface area contributed by atoms with Crippen molar-refractivity contribution < 1.29 is 9.59 Å². The van der Waals surface area contributed by atoms with Crippen LogP contribution in [-0.4, -0.2) is 35.3 Å². The third-order valence-corrected chi connectivity index (χ3v) is 7.53. The summed E-state index contributed by atoms with van der Waals surface area (Å²) in [7, 11) is 0. The lowest BCUT2D eigenvalue weighted by molar-refractivity contribution is -0.135. The Morgan fingerprint density at radius 3 is 2.52 bits per heavy atom. The van der Waals surface area contributed by atoms with Crippen molar-refractivity contribution in [3.8, 4) is 0 Å². The lowest BCUT2D eigenvalue weighted by Crippen LogP contribution is -2.59. The highest BCUT2D eigenvalue weighted by Crippen LogP contribution is 2.45. The highest BCUT2D eigenvalue weighted by Gasteiger charge is 2.53. The number of halogens is 2. The fraction of sp³-hybridized carbons (Fsp3) is 0.462. The molecule has 1 unspecified atom stereocenters. The molecule has 1 aliphatic heterocycles. The number of anilines is 1. The summed E-state index contributed by atoms with van der Waals surface area (Å²) in [4.78, 5) is 29.1. The molecule has 0 aromatic heterocycles. The Bertz CT molecular complexity index is 1040. The predicted octanol–water partition coefficient (Wildman–Crippen LogP) is 5.54. The number of benzene rings is 2. The van der Waals surface area contributed by atoms with E-state index in [0.717, 1.165) is 43.2 Å². The normalized spacial score (nSPS) is 20.0. The van der Waals surface area contributed by atoms with Crippen molar-refractivity contribution in [2.24, 2.45) is 0 Å². The van der Waals surface area contributed by atoms with Gasteiger partial charge in [0.1, 0.15) is 5.54 Å². The van der Waals surface area contributed by atoms with Crippen molar-refractivity contribution in [2.75, 3.05) is 11.9 Å². The number of hydrogen-bond acceptors (Lipinski definition) is 3. The molecule has 0 radical (unpaired) electrons. The van der Waals surface area contributed by atoms with Crippen LogP contribution in [0.2, 0.25) is 10.0 Å². The number of rotatable bonds is 9.